The zero-order chi connectivity index (χ0) is 24.3. The smallest absolute Gasteiger partial charge is 0.259 e. The molecule has 174 valence electrons. The van der Waals surface area contributed by atoms with Crippen LogP contribution in [0.2, 0.25) is 0 Å². The molecule has 0 spiro atoms. The van der Waals surface area contributed by atoms with Crippen LogP contribution in [0.25, 0.3) is 0 Å². The second-order valence-electron chi connectivity index (χ2n) is 8.51. The molecule has 3 amide bonds. The van der Waals surface area contributed by atoms with E-state index in [4.69, 9.17) is 4.74 Å². The van der Waals surface area contributed by atoms with Gasteiger partial charge in [0.05, 0.1) is 7.11 Å². The summed E-state index contributed by atoms with van der Waals surface area (Å²) in [6, 6.07) is 21.8. The molecular weight excluding hydrogens is 430 g/mol. The van der Waals surface area contributed by atoms with Gasteiger partial charge in [0.2, 0.25) is 11.8 Å². The number of carbonyl (C=O) groups is 3. The van der Waals surface area contributed by atoms with Crippen molar-refractivity contribution in [3.63, 3.8) is 0 Å². The van der Waals surface area contributed by atoms with Crippen molar-refractivity contribution >= 4 is 29.1 Å². The minimum atomic E-state index is -1.15. The highest BCUT2D eigenvalue weighted by atomic mass is 16.5. The lowest BCUT2D eigenvalue weighted by Crippen LogP contribution is -2.63. The van der Waals surface area contributed by atoms with Gasteiger partial charge in [0.15, 0.2) is 0 Å². The van der Waals surface area contributed by atoms with Crippen LogP contribution in [-0.2, 0) is 22.6 Å². The molecule has 0 fully saturated rings. The maximum Gasteiger partial charge on any atom is 0.259 e. The van der Waals surface area contributed by atoms with Crippen molar-refractivity contribution in [3.05, 3.63) is 89.5 Å². The summed E-state index contributed by atoms with van der Waals surface area (Å²) in [4.78, 5) is 40.1. The van der Waals surface area contributed by atoms with E-state index in [1.807, 2.05) is 42.5 Å². The summed E-state index contributed by atoms with van der Waals surface area (Å²) in [5.41, 5.74) is 2.34. The molecule has 0 unspecified atom stereocenters. The summed E-state index contributed by atoms with van der Waals surface area (Å²) in [6.45, 7) is 3.52. The van der Waals surface area contributed by atoms with Crippen molar-refractivity contribution in [2.24, 2.45) is 0 Å². The number of nitrogens with zero attached hydrogens (tertiary/aromatic N) is 1. The summed E-state index contributed by atoms with van der Waals surface area (Å²) in [5.74, 6) is 0.0235. The Labute approximate surface area is 198 Å². The third-order valence-corrected chi connectivity index (χ3v) is 6.00. The normalized spacial score (nSPS) is 17.0. The highest BCUT2D eigenvalue weighted by molar-refractivity contribution is 6.14. The fourth-order valence-electron chi connectivity index (χ4n) is 4.31. The van der Waals surface area contributed by atoms with Gasteiger partial charge >= 0.3 is 0 Å². The summed E-state index contributed by atoms with van der Waals surface area (Å²) in [6.07, 6.45) is 0.367. The van der Waals surface area contributed by atoms with E-state index in [1.54, 1.807) is 49.3 Å². The van der Waals surface area contributed by atoms with Crippen LogP contribution in [0, 0.1) is 0 Å². The van der Waals surface area contributed by atoms with Crippen molar-refractivity contribution in [1.82, 2.24) is 5.32 Å². The first kappa shape index (κ1) is 23.0. The summed E-state index contributed by atoms with van der Waals surface area (Å²) in [5, 5.41) is 5.72. The number of hydrogen-bond acceptors (Lipinski definition) is 4. The molecule has 0 aromatic heterocycles. The highest BCUT2D eigenvalue weighted by Crippen LogP contribution is 2.36. The van der Waals surface area contributed by atoms with Crippen LogP contribution in [0.15, 0.2) is 72.8 Å². The largest absolute Gasteiger partial charge is 0.497 e. The minimum Gasteiger partial charge on any atom is -0.497 e. The molecule has 0 saturated heterocycles. The quantitative estimate of drug-likeness (QED) is 0.587. The van der Waals surface area contributed by atoms with Crippen LogP contribution in [0.1, 0.15) is 35.3 Å². The molecule has 7 heteroatoms. The van der Waals surface area contributed by atoms with Crippen molar-refractivity contribution in [2.45, 2.75) is 32.4 Å². The van der Waals surface area contributed by atoms with E-state index < -0.39 is 5.54 Å². The predicted molar refractivity (Wildman–Crippen MR) is 131 cm³/mol. The van der Waals surface area contributed by atoms with Crippen molar-refractivity contribution in [1.29, 1.82) is 0 Å². The molecule has 2 N–H and O–H groups in total. The van der Waals surface area contributed by atoms with E-state index in [2.05, 4.69) is 10.6 Å². The predicted octanol–water partition coefficient (Wildman–Crippen LogP) is 3.93. The molecule has 0 aliphatic carbocycles. The maximum atomic E-state index is 13.6. The lowest BCUT2D eigenvalue weighted by Gasteiger charge is -2.44. The van der Waals surface area contributed by atoms with Gasteiger partial charge in [-0.3, -0.25) is 19.3 Å². The first-order chi connectivity index (χ1) is 16.3. The number of ether oxygens (including phenoxy) is 1. The van der Waals surface area contributed by atoms with Gasteiger partial charge in [-0.2, -0.15) is 0 Å². The van der Waals surface area contributed by atoms with E-state index in [0.717, 1.165) is 11.1 Å². The number of nitrogens with one attached hydrogen (secondary N) is 2. The van der Waals surface area contributed by atoms with E-state index in [-0.39, 0.29) is 17.7 Å². The maximum absolute atomic E-state index is 13.6. The number of anilines is 2. The van der Waals surface area contributed by atoms with E-state index in [0.29, 0.717) is 35.7 Å². The average Bonchev–Trinajstić information content (AvgIpc) is 2.83. The summed E-state index contributed by atoms with van der Waals surface area (Å²) in [7, 11) is 1.60. The Morgan fingerprint density at radius 1 is 1.03 bits per heavy atom. The van der Waals surface area contributed by atoms with Gasteiger partial charge in [0.1, 0.15) is 11.3 Å². The Morgan fingerprint density at radius 2 is 1.76 bits per heavy atom. The van der Waals surface area contributed by atoms with Gasteiger partial charge in [0.25, 0.3) is 5.91 Å². The molecule has 3 aromatic rings. The van der Waals surface area contributed by atoms with Crippen molar-refractivity contribution in [2.75, 3.05) is 17.3 Å². The first-order valence-corrected chi connectivity index (χ1v) is 11.0. The third kappa shape index (κ3) is 4.50. The molecule has 0 bridgehead atoms. The second-order valence-corrected chi connectivity index (χ2v) is 8.51. The average molecular weight is 458 g/mol. The SMILES string of the molecule is COc1cccc(CNC(=O)[C@@]2(C)Cc3ccccc3C(=O)N2c2ccc(NC(C)=O)cc2)c1. The fourth-order valence-corrected chi connectivity index (χ4v) is 4.31. The second kappa shape index (κ2) is 9.39. The van der Waals surface area contributed by atoms with Gasteiger partial charge in [-0.1, -0.05) is 30.3 Å². The molecule has 1 aliphatic heterocycles. The number of fused-ring (bicyclic) bond motifs is 1. The Hall–Kier alpha value is -4.13. The number of methoxy groups -OCH3 is 1. The topological polar surface area (TPSA) is 87.7 Å². The number of amides is 3. The van der Waals surface area contributed by atoms with Gasteiger partial charge in [-0.15, -0.1) is 0 Å². The molecule has 1 aliphatic rings. The van der Waals surface area contributed by atoms with Crippen molar-refractivity contribution in [3.8, 4) is 5.75 Å². The monoisotopic (exact) mass is 457 g/mol. The number of benzene rings is 3. The summed E-state index contributed by atoms with van der Waals surface area (Å²) >= 11 is 0. The Bertz CT molecular complexity index is 1240. The molecule has 34 heavy (non-hydrogen) atoms. The van der Waals surface area contributed by atoms with Crippen LogP contribution in [0.3, 0.4) is 0 Å². The highest BCUT2D eigenvalue weighted by Gasteiger charge is 2.47. The number of rotatable bonds is 6. The Kier molecular flexibility index (Phi) is 6.36. The third-order valence-electron chi connectivity index (χ3n) is 6.00. The molecule has 3 aromatic carbocycles. The van der Waals surface area contributed by atoms with Gasteiger partial charge in [0, 0.05) is 36.8 Å². The standard InChI is InChI=1S/C27H27N3O4/c1-18(31)29-21-11-13-22(14-12-21)30-25(32)24-10-5-4-8-20(24)16-27(30,2)26(33)28-17-19-7-6-9-23(15-19)34-3/h4-15H,16-17H2,1-3H3,(H,28,33)(H,29,31)/t27-/m1/s1. The molecule has 7 nitrogen and oxygen atoms in total. The first-order valence-electron chi connectivity index (χ1n) is 11.0. The number of hydrogen-bond donors (Lipinski definition) is 2. The molecule has 1 heterocycles. The molecule has 0 saturated carbocycles. The Balaban J connectivity index is 1.67. The van der Waals surface area contributed by atoms with E-state index >= 15 is 0 Å². The van der Waals surface area contributed by atoms with Crippen LogP contribution >= 0.6 is 0 Å². The van der Waals surface area contributed by atoms with E-state index in [9.17, 15) is 14.4 Å². The zero-order valence-corrected chi connectivity index (χ0v) is 19.4. The van der Waals surface area contributed by atoms with Crippen LogP contribution < -0.4 is 20.3 Å². The lowest BCUT2D eigenvalue weighted by atomic mass is 9.82. The molecule has 0 radical (unpaired) electrons. The van der Waals surface area contributed by atoms with Crippen LogP contribution in [-0.4, -0.2) is 30.4 Å². The van der Waals surface area contributed by atoms with E-state index in [1.165, 1.54) is 6.92 Å². The van der Waals surface area contributed by atoms with Crippen molar-refractivity contribution < 1.29 is 19.1 Å². The molecule has 4 rings (SSSR count). The van der Waals surface area contributed by atoms with Gasteiger partial charge < -0.3 is 15.4 Å². The van der Waals surface area contributed by atoms with Gasteiger partial charge in [-0.25, -0.2) is 0 Å². The van der Waals surface area contributed by atoms with Crippen LogP contribution in [0.4, 0.5) is 11.4 Å². The molecule has 1 atom stereocenters. The minimum absolute atomic E-state index is 0.183. The number of carbonyl (C=O) groups excluding carboxylic acids is 3. The van der Waals surface area contributed by atoms with Crippen LogP contribution in [0.5, 0.6) is 5.75 Å². The Morgan fingerprint density at radius 3 is 2.47 bits per heavy atom. The lowest BCUT2D eigenvalue weighted by molar-refractivity contribution is -0.126. The zero-order valence-electron chi connectivity index (χ0n) is 19.4. The summed E-state index contributed by atoms with van der Waals surface area (Å²) < 4.78 is 5.27. The molecular formula is C27H27N3O4. The van der Waals surface area contributed by atoms with Gasteiger partial charge in [-0.05, 0) is 60.5 Å². The fraction of sp³-hybridized carbons (Fsp3) is 0.222.